The Morgan fingerprint density at radius 2 is 1.59 bits per heavy atom. The van der Waals surface area contributed by atoms with Gasteiger partial charge in [-0.15, -0.1) is 0 Å². The molecule has 2 amide bonds. The second-order valence-corrected chi connectivity index (χ2v) is 8.08. The van der Waals surface area contributed by atoms with E-state index in [1.807, 2.05) is 32.9 Å². The first kappa shape index (κ1) is 19.2. The minimum Gasteiger partial charge on any atom is -0.354 e. The summed E-state index contributed by atoms with van der Waals surface area (Å²) in [6, 6.07) is 16.9. The highest BCUT2D eigenvalue weighted by Crippen LogP contribution is 2.40. The summed E-state index contributed by atoms with van der Waals surface area (Å²) in [5.41, 5.74) is 5.94. The molecule has 0 spiro atoms. The zero-order valence-electron chi connectivity index (χ0n) is 17.4. The van der Waals surface area contributed by atoms with E-state index in [2.05, 4.69) is 46.9 Å². The van der Waals surface area contributed by atoms with Crippen molar-refractivity contribution in [3.8, 4) is 22.5 Å². The van der Waals surface area contributed by atoms with Crippen LogP contribution in [0, 0.1) is 6.92 Å². The summed E-state index contributed by atoms with van der Waals surface area (Å²) in [7, 11) is 1.77. The Kier molecular flexibility index (Phi) is 5.14. The highest BCUT2D eigenvalue weighted by molar-refractivity contribution is 5.94. The van der Waals surface area contributed by atoms with Gasteiger partial charge in [-0.1, -0.05) is 53.7 Å². The van der Waals surface area contributed by atoms with E-state index >= 15 is 0 Å². The maximum absolute atomic E-state index is 12.5. The Morgan fingerprint density at radius 3 is 2.14 bits per heavy atom. The molecule has 150 valence electrons. The lowest BCUT2D eigenvalue weighted by Crippen LogP contribution is -2.36. The van der Waals surface area contributed by atoms with Crippen molar-refractivity contribution < 1.29 is 9.32 Å². The molecule has 1 aliphatic carbocycles. The third-order valence-electron chi connectivity index (χ3n) is 5.63. The average molecular weight is 389 g/mol. The summed E-state index contributed by atoms with van der Waals surface area (Å²) in [6.45, 7) is 5.77. The molecule has 0 atom stereocenters. The topological polar surface area (TPSA) is 58.4 Å². The van der Waals surface area contributed by atoms with Gasteiger partial charge in [-0.3, -0.25) is 0 Å². The maximum atomic E-state index is 12.5. The number of nitrogens with one attached hydrogen (secondary N) is 1. The van der Waals surface area contributed by atoms with E-state index in [0.717, 1.165) is 17.0 Å². The standard InChI is InChI=1S/C24H27N3O2/c1-15(2)27(4)24(28)25-22-16(3)26-29-23(22)21-13-11-20(12-14-21)19-9-7-18(8-10-19)17-5-6-17/h7-15,17H,5-6H2,1-4H3,(H,25,28). The van der Waals surface area contributed by atoms with Gasteiger partial charge < -0.3 is 14.7 Å². The van der Waals surface area contributed by atoms with E-state index < -0.39 is 0 Å². The summed E-state index contributed by atoms with van der Waals surface area (Å²) in [6.07, 6.45) is 2.63. The predicted octanol–water partition coefficient (Wildman–Crippen LogP) is 6.07. The van der Waals surface area contributed by atoms with Gasteiger partial charge in [0.25, 0.3) is 0 Å². The molecule has 1 heterocycles. The van der Waals surface area contributed by atoms with E-state index in [0.29, 0.717) is 17.1 Å². The van der Waals surface area contributed by atoms with Gasteiger partial charge in [-0.25, -0.2) is 4.79 Å². The number of rotatable bonds is 5. The van der Waals surface area contributed by atoms with Crippen molar-refractivity contribution >= 4 is 11.7 Å². The Bertz CT molecular complexity index is 1000. The van der Waals surface area contributed by atoms with Gasteiger partial charge in [0.15, 0.2) is 5.76 Å². The second kappa shape index (κ2) is 7.74. The number of carbonyl (C=O) groups excluding carboxylic acids is 1. The van der Waals surface area contributed by atoms with Crippen LogP contribution >= 0.6 is 0 Å². The molecular weight excluding hydrogens is 362 g/mol. The molecule has 1 aromatic heterocycles. The molecule has 0 saturated heterocycles. The first-order valence-electron chi connectivity index (χ1n) is 10.1. The third-order valence-corrected chi connectivity index (χ3v) is 5.63. The molecule has 5 nitrogen and oxygen atoms in total. The molecule has 0 bridgehead atoms. The summed E-state index contributed by atoms with van der Waals surface area (Å²) in [5, 5.41) is 6.99. The zero-order valence-corrected chi connectivity index (χ0v) is 17.4. The lowest BCUT2D eigenvalue weighted by molar-refractivity contribution is 0.211. The zero-order chi connectivity index (χ0) is 20.5. The van der Waals surface area contributed by atoms with Crippen LogP contribution in [0.5, 0.6) is 0 Å². The van der Waals surface area contributed by atoms with Crippen LogP contribution in [0.15, 0.2) is 53.1 Å². The van der Waals surface area contributed by atoms with Gasteiger partial charge in [0.05, 0.1) is 0 Å². The number of anilines is 1. The molecular formula is C24H27N3O2. The third kappa shape index (κ3) is 4.04. The number of amides is 2. The quantitative estimate of drug-likeness (QED) is 0.576. The molecule has 1 N–H and O–H groups in total. The number of hydrogen-bond donors (Lipinski definition) is 1. The van der Waals surface area contributed by atoms with Crippen LogP contribution in [0.25, 0.3) is 22.5 Å². The molecule has 1 fully saturated rings. The van der Waals surface area contributed by atoms with Crippen LogP contribution < -0.4 is 5.32 Å². The average Bonchev–Trinajstić information content (AvgIpc) is 3.52. The lowest BCUT2D eigenvalue weighted by atomic mass is 10.0. The van der Waals surface area contributed by atoms with E-state index in [1.165, 1.54) is 24.0 Å². The number of carbonyl (C=O) groups is 1. The van der Waals surface area contributed by atoms with Gasteiger partial charge in [-0.05, 0) is 56.2 Å². The van der Waals surface area contributed by atoms with Gasteiger partial charge in [0.2, 0.25) is 0 Å². The second-order valence-electron chi connectivity index (χ2n) is 8.08. The Balaban J connectivity index is 1.55. The summed E-state index contributed by atoms with van der Waals surface area (Å²) in [5.74, 6) is 1.34. The number of benzene rings is 2. The molecule has 1 aliphatic rings. The molecule has 0 radical (unpaired) electrons. The van der Waals surface area contributed by atoms with Crippen molar-refractivity contribution in [2.75, 3.05) is 12.4 Å². The largest absolute Gasteiger partial charge is 0.354 e. The number of urea groups is 1. The van der Waals surface area contributed by atoms with Crippen molar-refractivity contribution in [2.24, 2.45) is 0 Å². The van der Waals surface area contributed by atoms with Crippen LogP contribution in [0.2, 0.25) is 0 Å². The van der Waals surface area contributed by atoms with Crippen LogP contribution in [-0.4, -0.2) is 29.2 Å². The Morgan fingerprint density at radius 1 is 1.03 bits per heavy atom. The molecule has 0 aliphatic heterocycles. The number of nitrogens with zero attached hydrogens (tertiary/aromatic N) is 2. The van der Waals surface area contributed by atoms with E-state index in [9.17, 15) is 4.79 Å². The summed E-state index contributed by atoms with van der Waals surface area (Å²) >= 11 is 0. The van der Waals surface area contributed by atoms with Gasteiger partial charge in [-0.2, -0.15) is 0 Å². The summed E-state index contributed by atoms with van der Waals surface area (Å²) < 4.78 is 5.53. The van der Waals surface area contributed by atoms with E-state index in [4.69, 9.17) is 4.52 Å². The lowest BCUT2D eigenvalue weighted by Gasteiger charge is -2.21. The van der Waals surface area contributed by atoms with Crippen molar-refractivity contribution in [3.05, 3.63) is 59.8 Å². The minimum absolute atomic E-state index is 0.101. The molecule has 5 heteroatoms. The fraction of sp³-hybridized carbons (Fsp3) is 0.333. The molecule has 3 aromatic rings. The highest BCUT2D eigenvalue weighted by Gasteiger charge is 2.23. The molecule has 29 heavy (non-hydrogen) atoms. The normalized spacial score (nSPS) is 13.6. The Hall–Kier alpha value is -3.08. The molecule has 1 saturated carbocycles. The SMILES string of the molecule is Cc1noc(-c2ccc(-c3ccc(C4CC4)cc3)cc2)c1NC(=O)N(C)C(C)C. The van der Waals surface area contributed by atoms with Crippen LogP contribution in [0.4, 0.5) is 10.5 Å². The van der Waals surface area contributed by atoms with Crippen molar-refractivity contribution in [1.29, 1.82) is 0 Å². The van der Waals surface area contributed by atoms with Crippen molar-refractivity contribution in [3.63, 3.8) is 0 Å². The van der Waals surface area contributed by atoms with E-state index in [1.54, 1.807) is 11.9 Å². The number of hydrogen-bond acceptors (Lipinski definition) is 3. The minimum atomic E-state index is -0.181. The predicted molar refractivity (Wildman–Crippen MR) is 116 cm³/mol. The van der Waals surface area contributed by atoms with Gasteiger partial charge in [0.1, 0.15) is 11.4 Å². The smallest absolute Gasteiger partial charge is 0.321 e. The fourth-order valence-corrected chi connectivity index (χ4v) is 3.32. The highest BCUT2D eigenvalue weighted by atomic mass is 16.5. The van der Waals surface area contributed by atoms with Crippen LogP contribution in [0.3, 0.4) is 0 Å². The fourth-order valence-electron chi connectivity index (χ4n) is 3.32. The van der Waals surface area contributed by atoms with Crippen LogP contribution in [-0.2, 0) is 0 Å². The molecule has 2 aromatic carbocycles. The van der Waals surface area contributed by atoms with Crippen molar-refractivity contribution in [2.45, 2.75) is 45.6 Å². The Labute approximate surface area is 171 Å². The summed E-state index contributed by atoms with van der Waals surface area (Å²) in [4.78, 5) is 14.1. The first-order chi connectivity index (χ1) is 13.9. The van der Waals surface area contributed by atoms with Gasteiger partial charge >= 0.3 is 6.03 Å². The first-order valence-corrected chi connectivity index (χ1v) is 10.1. The monoisotopic (exact) mass is 389 g/mol. The molecule has 4 rings (SSSR count). The maximum Gasteiger partial charge on any atom is 0.321 e. The van der Waals surface area contributed by atoms with Crippen molar-refractivity contribution in [1.82, 2.24) is 10.1 Å². The number of aromatic nitrogens is 1. The van der Waals surface area contributed by atoms with Gasteiger partial charge in [0, 0.05) is 18.7 Å². The van der Waals surface area contributed by atoms with E-state index in [-0.39, 0.29) is 12.1 Å². The number of aryl methyl sites for hydroxylation is 1. The molecule has 0 unspecified atom stereocenters. The van der Waals surface area contributed by atoms with Crippen LogP contribution in [0.1, 0.15) is 43.9 Å².